The highest BCUT2D eigenvalue weighted by atomic mass is 16.2. The van der Waals surface area contributed by atoms with Crippen molar-refractivity contribution < 1.29 is 9.59 Å². The highest BCUT2D eigenvalue weighted by Gasteiger charge is 2.33. The van der Waals surface area contributed by atoms with Gasteiger partial charge in [-0.1, -0.05) is 24.6 Å². The molecule has 0 radical (unpaired) electrons. The van der Waals surface area contributed by atoms with Crippen LogP contribution in [-0.4, -0.2) is 56.1 Å². The second-order valence-corrected chi connectivity index (χ2v) is 7.25. The van der Waals surface area contributed by atoms with Gasteiger partial charge in [-0.3, -0.25) is 9.59 Å². The Labute approximate surface area is 157 Å². The number of aryl methyl sites for hydroxylation is 1. The number of hydrogen-bond acceptors (Lipinski definition) is 5. The monoisotopic (exact) mass is 368 g/mol. The third-order valence-corrected chi connectivity index (χ3v) is 5.46. The Bertz CT molecular complexity index is 798. The molecule has 8 nitrogen and oxygen atoms in total. The molecule has 4 rings (SSSR count). The fourth-order valence-electron chi connectivity index (χ4n) is 3.92. The van der Waals surface area contributed by atoms with Crippen molar-refractivity contribution in [3.8, 4) is 0 Å². The number of nitrogens with zero attached hydrogens (tertiary/aromatic N) is 5. The van der Waals surface area contributed by atoms with Crippen LogP contribution in [0.1, 0.15) is 54.2 Å². The maximum Gasteiger partial charge on any atom is 0.251 e. The van der Waals surface area contributed by atoms with Crippen molar-refractivity contribution in [2.75, 3.05) is 13.1 Å². The normalized spacial score (nSPS) is 20.6. The molecule has 2 aliphatic rings. The Morgan fingerprint density at radius 1 is 1.00 bits per heavy atom. The molecule has 0 bridgehead atoms. The number of carbonyl (C=O) groups is 2. The van der Waals surface area contributed by atoms with Crippen LogP contribution in [0.3, 0.4) is 0 Å². The SMILES string of the molecule is O=C(NC1CCN(C(=O)[C@H]2CCCCn3nnnc32)CC1)c1ccccc1. The molecular weight excluding hydrogens is 344 g/mol. The number of rotatable bonds is 3. The molecule has 2 aromatic rings. The fraction of sp³-hybridized carbons (Fsp3) is 0.526. The number of fused-ring (bicyclic) bond motifs is 1. The number of piperidine rings is 1. The Balaban J connectivity index is 1.34. The lowest BCUT2D eigenvalue weighted by Crippen LogP contribution is -2.47. The van der Waals surface area contributed by atoms with E-state index in [1.54, 1.807) is 4.68 Å². The molecule has 1 N–H and O–H groups in total. The molecule has 0 aliphatic carbocycles. The average molecular weight is 368 g/mol. The molecule has 0 saturated carbocycles. The van der Waals surface area contributed by atoms with Gasteiger partial charge in [0.2, 0.25) is 5.91 Å². The van der Waals surface area contributed by atoms with Crippen molar-refractivity contribution in [3.63, 3.8) is 0 Å². The Hall–Kier alpha value is -2.77. The van der Waals surface area contributed by atoms with Gasteiger partial charge in [0, 0.05) is 31.2 Å². The van der Waals surface area contributed by atoms with Crippen molar-refractivity contribution in [2.45, 2.75) is 50.6 Å². The second kappa shape index (κ2) is 7.85. The zero-order valence-electron chi connectivity index (χ0n) is 15.3. The summed E-state index contributed by atoms with van der Waals surface area (Å²) in [5.74, 6) is 0.499. The maximum absolute atomic E-state index is 13.0. The van der Waals surface area contributed by atoms with E-state index < -0.39 is 0 Å². The molecule has 3 heterocycles. The smallest absolute Gasteiger partial charge is 0.251 e. The van der Waals surface area contributed by atoms with E-state index in [1.165, 1.54) is 0 Å². The summed E-state index contributed by atoms with van der Waals surface area (Å²) in [4.78, 5) is 27.3. The number of carbonyl (C=O) groups excluding carboxylic acids is 2. The average Bonchev–Trinajstić information content (AvgIpc) is 3.08. The van der Waals surface area contributed by atoms with E-state index in [0.29, 0.717) is 24.5 Å². The highest BCUT2D eigenvalue weighted by molar-refractivity contribution is 5.94. The van der Waals surface area contributed by atoms with Crippen molar-refractivity contribution in [1.82, 2.24) is 30.4 Å². The summed E-state index contributed by atoms with van der Waals surface area (Å²) in [7, 11) is 0. The number of hydrogen-bond donors (Lipinski definition) is 1. The van der Waals surface area contributed by atoms with Gasteiger partial charge in [-0.25, -0.2) is 4.68 Å². The van der Waals surface area contributed by atoms with Gasteiger partial charge >= 0.3 is 0 Å². The molecule has 142 valence electrons. The Morgan fingerprint density at radius 2 is 1.78 bits per heavy atom. The van der Waals surface area contributed by atoms with Gasteiger partial charge in [-0.15, -0.1) is 5.10 Å². The first-order chi connectivity index (χ1) is 13.2. The largest absolute Gasteiger partial charge is 0.349 e. The van der Waals surface area contributed by atoms with E-state index in [-0.39, 0.29) is 23.8 Å². The summed E-state index contributed by atoms with van der Waals surface area (Å²) in [6.45, 7) is 2.08. The summed E-state index contributed by atoms with van der Waals surface area (Å²) >= 11 is 0. The Kier molecular flexibility index (Phi) is 5.13. The molecule has 1 fully saturated rings. The maximum atomic E-state index is 13.0. The summed E-state index contributed by atoms with van der Waals surface area (Å²) in [6, 6.07) is 9.33. The molecule has 2 aliphatic heterocycles. The number of likely N-dealkylation sites (tertiary alicyclic amines) is 1. The van der Waals surface area contributed by atoms with E-state index >= 15 is 0 Å². The quantitative estimate of drug-likeness (QED) is 0.883. The van der Waals surface area contributed by atoms with E-state index in [4.69, 9.17) is 0 Å². The summed E-state index contributed by atoms with van der Waals surface area (Å²) in [5.41, 5.74) is 0.668. The Morgan fingerprint density at radius 3 is 2.56 bits per heavy atom. The number of aromatic nitrogens is 4. The minimum atomic E-state index is -0.252. The number of nitrogens with one attached hydrogen (secondary N) is 1. The molecule has 2 amide bonds. The molecule has 27 heavy (non-hydrogen) atoms. The number of amides is 2. The zero-order chi connectivity index (χ0) is 18.6. The van der Waals surface area contributed by atoms with Crippen LogP contribution in [0.5, 0.6) is 0 Å². The van der Waals surface area contributed by atoms with Crippen molar-refractivity contribution >= 4 is 11.8 Å². The molecule has 0 unspecified atom stereocenters. The lowest BCUT2D eigenvalue weighted by atomic mass is 9.98. The molecular formula is C19H24N6O2. The van der Waals surface area contributed by atoms with Crippen molar-refractivity contribution in [2.24, 2.45) is 0 Å². The first-order valence-corrected chi connectivity index (χ1v) is 9.63. The highest BCUT2D eigenvalue weighted by Crippen LogP contribution is 2.27. The molecule has 0 spiro atoms. The van der Waals surface area contributed by atoms with Crippen molar-refractivity contribution in [1.29, 1.82) is 0 Å². The number of tetrazole rings is 1. The summed E-state index contributed by atoms with van der Waals surface area (Å²) in [6.07, 6.45) is 4.31. The van der Waals surface area contributed by atoms with Crippen LogP contribution in [0.15, 0.2) is 30.3 Å². The molecule has 1 saturated heterocycles. The van der Waals surface area contributed by atoms with E-state index in [0.717, 1.165) is 38.6 Å². The van der Waals surface area contributed by atoms with Crippen LogP contribution in [-0.2, 0) is 11.3 Å². The molecule has 8 heteroatoms. The molecule has 1 aromatic heterocycles. The van der Waals surface area contributed by atoms with E-state index in [2.05, 4.69) is 20.8 Å². The van der Waals surface area contributed by atoms with Gasteiger partial charge in [0.05, 0.1) is 5.92 Å². The van der Waals surface area contributed by atoms with Crippen LogP contribution in [0.4, 0.5) is 0 Å². The van der Waals surface area contributed by atoms with Gasteiger partial charge in [0.1, 0.15) is 0 Å². The number of benzene rings is 1. The van der Waals surface area contributed by atoms with Gasteiger partial charge < -0.3 is 10.2 Å². The summed E-state index contributed by atoms with van der Waals surface area (Å²) < 4.78 is 1.77. The topological polar surface area (TPSA) is 93.0 Å². The van der Waals surface area contributed by atoms with Crippen LogP contribution < -0.4 is 5.32 Å². The third-order valence-electron chi connectivity index (χ3n) is 5.46. The van der Waals surface area contributed by atoms with Gasteiger partial charge in [0.25, 0.3) is 5.91 Å². The molecule has 1 atom stereocenters. The fourth-order valence-corrected chi connectivity index (χ4v) is 3.92. The van der Waals surface area contributed by atoms with Gasteiger partial charge in [-0.2, -0.15) is 0 Å². The van der Waals surface area contributed by atoms with Gasteiger partial charge in [-0.05, 0) is 48.2 Å². The van der Waals surface area contributed by atoms with Crippen molar-refractivity contribution in [3.05, 3.63) is 41.7 Å². The first kappa shape index (κ1) is 17.6. The van der Waals surface area contributed by atoms with E-state index in [1.807, 2.05) is 35.2 Å². The van der Waals surface area contributed by atoms with Crippen LogP contribution in [0, 0.1) is 0 Å². The summed E-state index contributed by atoms with van der Waals surface area (Å²) in [5, 5.41) is 14.9. The minimum absolute atomic E-state index is 0.0525. The third kappa shape index (κ3) is 3.84. The second-order valence-electron chi connectivity index (χ2n) is 7.25. The lowest BCUT2D eigenvalue weighted by Gasteiger charge is -2.34. The van der Waals surface area contributed by atoms with Gasteiger partial charge in [0.15, 0.2) is 5.82 Å². The lowest BCUT2D eigenvalue weighted by molar-refractivity contribution is -0.134. The van der Waals surface area contributed by atoms with E-state index in [9.17, 15) is 9.59 Å². The minimum Gasteiger partial charge on any atom is -0.349 e. The standard InChI is InChI=1S/C19H24N6O2/c26-18(14-6-2-1-3-7-14)20-15-9-12-24(13-10-15)19(27)16-8-4-5-11-25-17(16)21-22-23-25/h1-3,6-7,15-16H,4-5,8-13H2,(H,20,26)/t16-/m0/s1. The molecule has 1 aromatic carbocycles. The predicted octanol–water partition coefficient (Wildman–Crippen LogP) is 1.36. The van der Waals surface area contributed by atoms with Crippen LogP contribution >= 0.6 is 0 Å². The zero-order valence-corrected chi connectivity index (χ0v) is 15.3. The van der Waals surface area contributed by atoms with Crippen LogP contribution in [0.2, 0.25) is 0 Å². The van der Waals surface area contributed by atoms with Crippen LogP contribution in [0.25, 0.3) is 0 Å². The predicted molar refractivity (Wildman–Crippen MR) is 97.9 cm³/mol. The first-order valence-electron chi connectivity index (χ1n) is 9.63.